The van der Waals surface area contributed by atoms with Crippen LogP contribution in [-0.2, 0) is 0 Å². The maximum absolute atomic E-state index is 11.9. The van der Waals surface area contributed by atoms with E-state index >= 15 is 0 Å². The van der Waals surface area contributed by atoms with Gasteiger partial charge in [-0.2, -0.15) is 11.8 Å². The number of rotatable bonds is 5. The van der Waals surface area contributed by atoms with Crippen molar-refractivity contribution in [3.63, 3.8) is 0 Å². The van der Waals surface area contributed by atoms with Gasteiger partial charge in [0.25, 0.3) is 0 Å². The maximum Gasteiger partial charge on any atom is 0.174 e. The zero-order valence-corrected chi connectivity index (χ0v) is 10.7. The lowest BCUT2D eigenvalue weighted by molar-refractivity contribution is 0.102. The molecule has 1 aromatic rings. The first kappa shape index (κ1) is 12.4. The molecule has 1 N–H and O–H groups in total. The summed E-state index contributed by atoms with van der Waals surface area (Å²) in [6, 6.07) is 1.94. The van der Waals surface area contributed by atoms with Gasteiger partial charge in [0.05, 0.1) is 5.75 Å². The van der Waals surface area contributed by atoms with Crippen LogP contribution in [0.2, 0.25) is 0 Å². The first-order chi connectivity index (χ1) is 7.04. The molecular weight excluding hydrogens is 206 g/mol. The van der Waals surface area contributed by atoms with E-state index in [1.165, 1.54) is 0 Å². The van der Waals surface area contributed by atoms with E-state index < -0.39 is 0 Å². The molecule has 84 valence electrons. The quantitative estimate of drug-likeness (QED) is 0.780. The largest absolute Gasteiger partial charge is 0.362 e. The molecule has 0 aromatic carbocycles. The van der Waals surface area contributed by atoms with Crippen LogP contribution in [0, 0.1) is 13.8 Å². The Kier molecular flexibility index (Phi) is 4.45. The molecule has 1 heterocycles. The second-order valence-corrected chi connectivity index (χ2v) is 5.37. The van der Waals surface area contributed by atoms with E-state index in [1.807, 2.05) is 19.9 Å². The van der Waals surface area contributed by atoms with Crippen LogP contribution in [0.15, 0.2) is 6.07 Å². The van der Waals surface area contributed by atoms with Gasteiger partial charge in [-0.05, 0) is 26.3 Å². The number of carbonyl (C=O) groups is 1. The number of nitrogens with one attached hydrogen (secondary N) is 1. The molecule has 0 bridgehead atoms. The van der Waals surface area contributed by atoms with Gasteiger partial charge in [0.2, 0.25) is 0 Å². The van der Waals surface area contributed by atoms with Gasteiger partial charge in [-0.1, -0.05) is 13.8 Å². The number of H-pyrrole nitrogens is 1. The van der Waals surface area contributed by atoms with Crippen molar-refractivity contribution in [3.05, 3.63) is 23.0 Å². The van der Waals surface area contributed by atoms with Crippen molar-refractivity contribution >= 4 is 17.5 Å². The van der Waals surface area contributed by atoms with Gasteiger partial charge in [0, 0.05) is 22.2 Å². The third-order valence-corrected chi connectivity index (χ3v) is 3.86. The zero-order valence-electron chi connectivity index (χ0n) is 9.89. The molecule has 0 amide bonds. The van der Waals surface area contributed by atoms with Crippen LogP contribution < -0.4 is 0 Å². The summed E-state index contributed by atoms with van der Waals surface area (Å²) in [5.41, 5.74) is 2.90. The number of aromatic nitrogens is 1. The molecule has 15 heavy (non-hydrogen) atoms. The molecule has 1 rings (SSSR count). The summed E-state index contributed by atoms with van der Waals surface area (Å²) in [6.07, 6.45) is 1.11. The molecule has 3 heteroatoms. The Balaban J connectivity index is 2.58. The van der Waals surface area contributed by atoms with E-state index in [0.717, 1.165) is 23.4 Å². The van der Waals surface area contributed by atoms with E-state index in [-0.39, 0.29) is 5.78 Å². The van der Waals surface area contributed by atoms with Gasteiger partial charge in [-0.15, -0.1) is 0 Å². The predicted octanol–water partition coefficient (Wildman–Crippen LogP) is 3.35. The van der Waals surface area contributed by atoms with E-state index in [4.69, 9.17) is 0 Å². The number of aryl methyl sites for hydroxylation is 2. The Hall–Kier alpha value is -0.700. The lowest BCUT2D eigenvalue weighted by atomic mass is 10.2. The molecule has 0 radical (unpaired) electrons. The van der Waals surface area contributed by atoms with Crippen molar-refractivity contribution in [3.8, 4) is 0 Å². The normalized spacial score (nSPS) is 12.8. The van der Waals surface area contributed by atoms with Gasteiger partial charge in [0.15, 0.2) is 5.78 Å². The third kappa shape index (κ3) is 3.42. The molecular formula is C12H19NOS. The molecule has 0 aliphatic carbocycles. The molecule has 0 aliphatic heterocycles. The van der Waals surface area contributed by atoms with Crippen LogP contribution in [0.5, 0.6) is 0 Å². The number of aromatic amines is 1. The van der Waals surface area contributed by atoms with Crippen LogP contribution in [0.4, 0.5) is 0 Å². The van der Waals surface area contributed by atoms with Crippen LogP contribution in [0.25, 0.3) is 0 Å². The van der Waals surface area contributed by atoms with Crippen molar-refractivity contribution < 1.29 is 4.79 Å². The van der Waals surface area contributed by atoms with Crippen molar-refractivity contribution in [1.29, 1.82) is 0 Å². The summed E-state index contributed by atoms with van der Waals surface area (Å²) in [6.45, 7) is 8.24. The highest BCUT2D eigenvalue weighted by molar-refractivity contribution is 8.00. The van der Waals surface area contributed by atoms with Crippen molar-refractivity contribution in [2.75, 3.05) is 5.75 Å². The monoisotopic (exact) mass is 225 g/mol. The van der Waals surface area contributed by atoms with Gasteiger partial charge in [-0.3, -0.25) is 4.79 Å². The predicted molar refractivity (Wildman–Crippen MR) is 66.8 cm³/mol. The minimum absolute atomic E-state index is 0.238. The minimum atomic E-state index is 0.238. The number of hydrogen-bond donors (Lipinski definition) is 1. The van der Waals surface area contributed by atoms with Gasteiger partial charge in [-0.25, -0.2) is 0 Å². The second kappa shape index (κ2) is 5.40. The lowest BCUT2D eigenvalue weighted by Gasteiger charge is -2.06. The van der Waals surface area contributed by atoms with E-state index in [2.05, 4.69) is 18.8 Å². The number of carbonyl (C=O) groups excluding carboxylic acids is 1. The summed E-state index contributed by atoms with van der Waals surface area (Å²) >= 11 is 1.73. The molecule has 1 aromatic heterocycles. The topological polar surface area (TPSA) is 32.9 Å². The Labute approximate surface area is 95.8 Å². The lowest BCUT2D eigenvalue weighted by Crippen LogP contribution is -2.06. The number of hydrogen-bond acceptors (Lipinski definition) is 2. The first-order valence-corrected chi connectivity index (χ1v) is 6.40. The Morgan fingerprint density at radius 1 is 1.53 bits per heavy atom. The van der Waals surface area contributed by atoms with E-state index in [9.17, 15) is 4.79 Å². The summed E-state index contributed by atoms with van der Waals surface area (Å²) in [5, 5.41) is 0.564. The molecule has 1 atom stereocenters. The molecule has 1 unspecified atom stereocenters. The highest BCUT2D eigenvalue weighted by Crippen LogP contribution is 2.17. The fraction of sp³-hybridized carbons (Fsp3) is 0.583. The van der Waals surface area contributed by atoms with E-state index in [0.29, 0.717) is 11.0 Å². The van der Waals surface area contributed by atoms with Crippen LogP contribution in [0.3, 0.4) is 0 Å². The number of ketones is 1. The average molecular weight is 225 g/mol. The zero-order chi connectivity index (χ0) is 11.4. The summed E-state index contributed by atoms with van der Waals surface area (Å²) < 4.78 is 0. The number of Topliss-reactive ketones (excluding diaryl/α,β-unsaturated/α-hetero) is 1. The molecule has 0 aliphatic rings. The molecule has 0 saturated heterocycles. The summed E-state index contributed by atoms with van der Waals surface area (Å²) in [5.74, 6) is 0.829. The fourth-order valence-electron chi connectivity index (χ4n) is 1.43. The maximum atomic E-state index is 11.9. The van der Waals surface area contributed by atoms with Crippen molar-refractivity contribution in [2.45, 2.75) is 39.4 Å². The first-order valence-electron chi connectivity index (χ1n) is 5.35. The highest BCUT2D eigenvalue weighted by Gasteiger charge is 2.12. The van der Waals surface area contributed by atoms with Gasteiger partial charge in [0.1, 0.15) is 0 Å². The SMILES string of the molecule is CCC(C)SCC(=O)c1cc(C)[nH]c1C. The van der Waals surface area contributed by atoms with E-state index in [1.54, 1.807) is 11.8 Å². The van der Waals surface area contributed by atoms with Crippen LogP contribution in [0.1, 0.15) is 42.0 Å². The highest BCUT2D eigenvalue weighted by atomic mass is 32.2. The smallest absolute Gasteiger partial charge is 0.174 e. The van der Waals surface area contributed by atoms with Gasteiger partial charge < -0.3 is 4.98 Å². The Bertz CT molecular complexity index is 343. The summed E-state index contributed by atoms with van der Waals surface area (Å²) in [7, 11) is 0. The fourth-order valence-corrected chi connectivity index (χ4v) is 2.25. The molecule has 0 fully saturated rings. The van der Waals surface area contributed by atoms with Crippen molar-refractivity contribution in [2.24, 2.45) is 0 Å². The summed E-state index contributed by atoms with van der Waals surface area (Å²) in [4.78, 5) is 15.0. The third-order valence-electron chi connectivity index (χ3n) is 2.52. The molecule has 2 nitrogen and oxygen atoms in total. The molecule has 0 saturated carbocycles. The molecule has 0 spiro atoms. The average Bonchev–Trinajstić information content (AvgIpc) is 2.53. The van der Waals surface area contributed by atoms with Crippen LogP contribution >= 0.6 is 11.8 Å². The second-order valence-electron chi connectivity index (χ2n) is 3.94. The van der Waals surface area contributed by atoms with Crippen molar-refractivity contribution in [1.82, 2.24) is 4.98 Å². The number of thioether (sulfide) groups is 1. The minimum Gasteiger partial charge on any atom is -0.362 e. The Morgan fingerprint density at radius 2 is 2.20 bits per heavy atom. The van der Waals surface area contributed by atoms with Crippen LogP contribution in [-0.4, -0.2) is 21.8 Å². The van der Waals surface area contributed by atoms with Gasteiger partial charge >= 0.3 is 0 Å². The standard InChI is InChI=1S/C12H19NOS/c1-5-9(3)15-7-12(14)11-6-8(2)13-10(11)4/h6,9,13H,5,7H2,1-4H3. The Morgan fingerprint density at radius 3 is 2.67 bits per heavy atom.